The Hall–Kier alpha value is -3.11. The minimum atomic E-state index is -4.33. The third kappa shape index (κ3) is 3.69. The van der Waals surface area contributed by atoms with Crippen LogP contribution >= 0.6 is 0 Å². The molecular formula is C21H22F3N5O3. The molecule has 0 bridgehead atoms. The van der Waals surface area contributed by atoms with Gasteiger partial charge in [-0.05, 0) is 24.8 Å². The third-order valence-electron chi connectivity index (χ3n) is 6.55. The number of alkyl carbamates (subject to hydrolysis) is 1. The highest BCUT2D eigenvalue weighted by Crippen LogP contribution is 2.57. The van der Waals surface area contributed by atoms with Crippen LogP contribution in [0.1, 0.15) is 43.0 Å². The number of aromatic nitrogens is 3. The second-order valence-corrected chi connectivity index (χ2v) is 8.68. The SMILES string of the molecule is O=C1N[C@H](CCC(=O)N2CC(c3ccc(-c4n[nH]c(C5(C(F)(F)F)CC5)n4)cc3)C2)CO1. The van der Waals surface area contributed by atoms with E-state index in [1.807, 2.05) is 12.1 Å². The maximum Gasteiger partial charge on any atom is 0.407 e. The van der Waals surface area contributed by atoms with E-state index in [-0.39, 0.29) is 42.4 Å². The molecule has 8 nitrogen and oxygen atoms in total. The zero-order valence-corrected chi connectivity index (χ0v) is 17.1. The topological polar surface area (TPSA) is 100 Å². The first-order valence-corrected chi connectivity index (χ1v) is 10.6. The largest absolute Gasteiger partial charge is 0.447 e. The van der Waals surface area contributed by atoms with Gasteiger partial charge in [-0.25, -0.2) is 9.78 Å². The lowest BCUT2D eigenvalue weighted by Gasteiger charge is -2.40. The molecule has 170 valence electrons. The van der Waals surface area contributed by atoms with E-state index >= 15 is 0 Å². The summed E-state index contributed by atoms with van der Waals surface area (Å²) in [6.45, 7) is 1.53. The number of aromatic amines is 1. The number of H-pyrrole nitrogens is 1. The minimum absolute atomic E-state index is 0.0318. The van der Waals surface area contributed by atoms with Gasteiger partial charge in [-0.1, -0.05) is 24.3 Å². The number of carbonyl (C=O) groups excluding carboxylic acids is 2. The molecule has 11 heteroatoms. The Morgan fingerprint density at radius 3 is 2.53 bits per heavy atom. The molecule has 3 heterocycles. The summed E-state index contributed by atoms with van der Waals surface area (Å²) in [6.07, 6.45) is -3.81. The van der Waals surface area contributed by atoms with Crippen LogP contribution in [0.2, 0.25) is 0 Å². The van der Waals surface area contributed by atoms with Gasteiger partial charge in [-0.15, -0.1) is 0 Å². The van der Waals surface area contributed by atoms with Crippen LogP contribution in [0.5, 0.6) is 0 Å². The van der Waals surface area contributed by atoms with Gasteiger partial charge >= 0.3 is 12.3 Å². The van der Waals surface area contributed by atoms with E-state index < -0.39 is 17.7 Å². The smallest absolute Gasteiger partial charge is 0.407 e. The molecule has 1 aromatic heterocycles. The summed E-state index contributed by atoms with van der Waals surface area (Å²) in [6, 6.07) is 7.28. The number of nitrogens with zero attached hydrogens (tertiary/aromatic N) is 3. The van der Waals surface area contributed by atoms with E-state index in [0.717, 1.165) is 5.56 Å². The van der Waals surface area contributed by atoms with Crippen LogP contribution in [0.3, 0.4) is 0 Å². The van der Waals surface area contributed by atoms with Crippen LogP contribution in [0.25, 0.3) is 11.4 Å². The molecule has 0 radical (unpaired) electrons. The molecule has 2 amide bonds. The zero-order valence-electron chi connectivity index (χ0n) is 17.1. The van der Waals surface area contributed by atoms with Crippen LogP contribution in [0.15, 0.2) is 24.3 Å². The third-order valence-corrected chi connectivity index (χ3v) is 6.55. The van der Waals surface area contributed by atoms with Crippen molar-refractivity contribution in [3.05, 3.63) is 35.7 Å². The maximum absolute atomic E-state index is 13.3. The van der Waals surface area contributed by atoms with E-state index in [1.54, 1.807) is 17.0 Å². The fraction of sp³-hybridized carbons (Fsp3) is 0.524. The van der Waals surface area contributed by atoms with Crippen molar-refractivity contribution in [1.29, 1.82) is 0 Å². The molecule has 2 saturated heterocycles. The first kappa shape index (κ1) is 20.8. The number of rotatable bonds is 6. The normalized spacial score (nSPS) is 22.3. The number of halogens is 3. The highest BCUT2D eigenvalue weighted by Gasteiger charge is 2.66. The Morgan fingerprint density at radius 1 is 1.22 bits per heavy atom. The van der Waals surface area contributed by atoms with Gasteiger partial charge in [0.1, 0.15) is 17.8 Å². The van der Waals surface area contributed by atoms with Gasteiger partial charge in [-0.3, -0.25) is 9.89 Å². The molecule has 1 aromatic carbocycles. The molecule has 2 aromatic rings. The Balaban J connectivity index is 1.15. The number of carbonyl (C=O) groups is 2. The Bertz CT molecular complexity index is 1030. The highest BCUT2D eigenvalue weighted by atomic mass is 19.4. The number of nitrogens with one attached hydrogen (secondary N) is 2. The number of alkyl halides is 3. The summed E-state index contributed by atoms with van der Waals surface area (Å²) in [5.74, 6) is 0.382. The molecular weight excluding hydrogens is 427 g/mol. The van der Waals surface area contributed by atoms with E-state index in [4.69, 9.17) is 4.74 Å². The van der Waals surface area contributed by atoms with Gasteiger partial charge < -0.3 is 15.0 Å². The molecule has 32 heavy (non-hydrogen) atoms. The molecule has 1 aliphatic carbocycles. The average molecular weight is 449 g/mol. The number of amides is 2. The van der Waals surface area contributed by atoms with Crippen molar-refractivity contribution in [2.45, 2.75) is 49.2 Å². The molecule has 3 fully saturated rings. The van der Waals surface area contributed by atoms with Crippen molar-refractivity contribution in [2.24, 2.45) is 0 Å². The van der Waals surface area contributed by atoms with Crippen molar-refractivity contribution in [1.82, 2.24) is 25.4 Å². The van der Waals surface area contributed by atoms with Crippen molar-refractivity contribution in [3.63, 3.8) is 0 Å². The summed E-state index contributed by atoms with van der Waals surface area (Å²) >= 11 is 0. The number of ether oxygens (including phenoxy) is 1. The minimum Gasteiger partial charge on any atom is -0.447 e. The zero-order chi connectivity index (χ0) is 22.5. The molecule has 1 saturated carbocycles. The van der Waals surface area contributed by atoms with Gasteiger partial charge in [-0.2, -0.15) is 18.3 Å². The van der Waals surface area contributed by atoms with Crippen LogP contribution < -0.4 is 5.32 Å². The van der Waals surface area contributed by atoms with E-state index in [0.29, 0.717) is 38.1 Å². The number of likely N-dealkylation sites (tertiary alicyclic amines) is 1. The number of benzene rings is 1. The summed E-state index contributed by atoms with van der Waals surface area (Å²) in [4.78, 5) is 29.2. The predicted molar refractivity (Wildman–Crippen MR) is 106 cm³/mol. The van der Waals surface area contributed by atoms with Crippen molar-refractivity contribution < 1.29 is 27.5 Å². The van der Waals surface area contributed by atoms with Crippen LogP contribution in [-0.4, -0.2) is 64.0 Å². The molecule has 0 unspecified atom stereocenters. The van der Waals surface area contributed by atoms with E-state index in [2.05, 4.69) is 20.5 Å². The quantitative estimate of drug-likeness (QED) is 0.707. The number of hydrogen-bond donors (Lipinski definition) is 2. The summed E-state index contributed by atoms with van der Waals surface area (Å²) in [5, 5.41) is 9.11. The maximum atomic E-state index is 13.3. The summed E-state index contributed by atoms with van der Waals surface area (Å²) in [5.41, 5.74) is -0.183. The van der Waals surface area contributed by atoms with Crippen LogP contribution in [0.4, 0.5) is 18.0 Å². The number of hydrogen-bond acceptors (Lipinski definition) is 5. The summed E-state index contributed by atoms with van der Waals surface area (Å²) in [7, 11) is 0. The number of cyclic esters (lactones) is 1. The monoisotopic (exact) mass is 449 g/mol. The van der Waals surface area contributed by atoms with E-state index in [1.165, 1.54) is 0 Å². The Labute approximate surface area is 181 Å². The van der Waals surface area contributed by atoms with Crippen LogP contribution in [-0.2, 0) is 14.9 Å². The highest BCUT2D eigenvalue weighted by molar-refractivity contribution is 5.77. The Morgan fingerprint density at radius 2 is 1.94 bits per heavy atom. The average Bonchev–Trinajstić information content (AvgIpc) is 3.22. The van der Waals surface area contributed by atoms with Crippen molar-refractivity contribution in [2.75, 3.05) is 19.7 Å². The van der Waals surface area contributed by atoms with Crippen molar-refractivity contribution in [3.8, 4) is 11.4 Å². The lowest BCUT2D eigenvalue weighted by molar-refractivity contribution is -0.162. The first-order chi connectivity index (χ1) is 15.2. The van der Waals surface area contributed by atoms with Gasteiger partial charge in [0.2, 0.25) is 5.91 Å². The van der Waals surface area contributed by atoms with Gasteiger partial charge in [0.25, 0.3) is 0 Å². The molecule has 1 atom stereocenters. The second-order valence-electron chi connectivity index (χ2n) is 8.68. The fourth-order valence-corrected chi connectivity index (χ4v) is 4.22. The standard InChI is InChI=1S/C21H22F3N5O3/c22-21(23,24)20(7-8-20)18-26-17(27-28-18)13-3-1-12(2-4-13)14-9-29(10-14)16(30)6-5-15-11-32-19(31)25-15/h1-4,14-15H,5-11H2,(H,25,31)(H,26,27,28)/t15-/m1/s1. The summed E-state index contributed by atoms with van der Waals surface area (Å²) < 4.78 is 44.6. The van der Waals surface area contributed by atoms with E-state index in [9.17, 15) is 22.8 Å². The predicted octanol–water partition coefficient (Wildman–Crippen LogP) is 2.88. The molecule has 3 aliphatic rings. The van der Waals surface area contributed by atoms with Crippen LogP contribution in [0, 0.1) is 0 Å². The first-order valence-electron chi connectivity index (χ1n) is 10.6. The lowest BCUT2D eigenvalue weighted by Crippen LogP contribution is -2.48. The van der Waals surface area contributed by atoms with Gasteiger partial charge in [0.05, 0.1) is 6.04 Å². The lowest BCUT2D eigenvalue weighted by atomic mass is 9.90. The molecule has 5 rings (SSSR count). The van der Waals surface area contributed by atoms with Crippen molar-refractivity contribution >= 4 is 12.0 Å². The molecule has 2 N–H and O–H groups in total. The Kier molecular flexibility index (Phi) is 4.86. The van der Waals surface area contributed by atoms with Gasteiger partial charge in [0, 0.05) is 31.0 Å². The second kappa shape index (κ2) is 7.49. The van der Waals surface area contributed by atoms with Gasteiger partial charge in [0.15, 0.2) is 5.82 Å². The molecule has 0 spiro atoms. The fourth-order valence-electron chi connectivity index (χ4n) is 4.22. The molecule has 2 aliphatic heterocycles.